The highest BCUT2D eigenvalue weighted by atomic mass is 19.1. The molecule has 0 heterocycles. The Morgan fingerprint density at radius 2 is 2.00 bits per heavy atom. The van der Waals surface area contributed by atoms with E-state index in [1.165, 1.54) is 12.1 Å². The smallest absolute Gasteiger partial charge is 0.242 e. The molecule has 0 spiro atoms. The molecule has 1 aromatic rings. The first kappa shape index (κ1) is 17.6. The van der Waals surface area contributed by atoms with E-state index in [1.807, 2.05) is 0 Å². The van der Waals surface area contributed by atoms with Gasteiger partial charge in [-0.3, -0.25) is 9.69 Å². The van der Waals surface area contributed by atoms with Gasteiger partial charge in [0.25, 0.3) is 0 Å². The summed E-state index contributed by atoms with van der Waals surface area (Å²) in [6.07, 6.45) is 0.384. The quantitative estimate of drug-likeness (QED) is 0.692. The number of carbonyl (C=O) groups is 1. The number of benzene rings is 1. The largest absolute Gasteiger partial charge is 0.394 e. The molecule has 1 rings (SSSR count). The maximum Gasteiger partial charge on any atom is 0.242 e. The average molecular weight is 298 g/mol. The van der Waals surface area contributed by atoms with E-state index in [-0.39, 0.29) is 13.2 Å². The monoisotopic (exact) mass is 298 g/mol. The van der Waals surface area contributed by atoms with E-state index in [1.54, 1.807) is 38.1 Å². The minimum absolute atomic E-state index is 0.366. The topological polar surface area (TPSA) is 72.8 Å². The van der Waals surface area contributed by atoms with Crippen molar-refractivity contribution in [3.05, 3.63) is 35.6 Å². The third kappa shape index (κ3) is 4.23. The number of rotatable bonds is 7. The van der Waals surface area contributed by atoms with Crippen molar-refractivity contribution in [1.29, 1.82) is 0 Å². The summed E-state index contributed by atoms with van der Waals surface area (Å²) in [5, 5.41) is 21.5. The maximum absolute atomic E-state index is 13.4. The van der Waals surface area contributed by atoms with E-state index in [9.17, 15) is 19.4 Å². The molecule has 3 N–H and O–H groups in total. The lowest BCUT2D eigenvalue weighted by atomic mass is 9.96. The molecule has 118 valence electrons. The second-order valence-electron chi connectivity index (χ2n) is 5.36. The van der Waals surface area contributed by atoms with Gasteiger partial charge in [0.2, 0.25) is 5.91 Å². The number of nitrogens with one attached hydrogen (secondary N) is 1. The summed E-state index contributed by atoms with van der Waals surface area (Å²) in [4.78, 5) is 14.1. The van der Waals surface area contributed by atoms with Crippen LogP contribution < -0.4 is 5.32 Å². The summed E-state index contributed by atoms with van der Waals surface area (Å²) in [5.74, 6) is -0.811. The van der Waals surface area contributed by atoms with Gasteiger partial charge in [-0.15, -0.1) is 0 Å². The number of halogens is 1. The molecule has 0 aliphatic carbocycles. The van der Waals surface area contributed by atoms with E-state index in [4.69, 9.17) is 0 Å². The van der Waals surface area contributed by atoms with Gasteiger partial charge in [0.1, 0.15) is 11.9 Å². The first-order valence-corrected chi connectivity index (χ1v) is 6.84. The number of aliphatic hydroxyl groups is 2. The lowest BCUT2D eigenvalue weighted by Crippen LogP contribution is -2.56. The minimum Gasteiger partial charge on any atom is -0.394 e. The SMILES string of the molecule is CCC(CO)(CO)NC(=O)[C@H](c1cccc(F)c1)N(C)C. The fraction of sp³-hybridized carbons (Fsp3) is 0.533. The molecule has 5 nitrogen and oxygen atoms in total. The van der Waals surface area contributed by atoms with Crippen molar-refractivity contribution in [1.82, 2.24) is 10.2 Å². The van der Waals surface area contributed by atoms with Gasteiger partial charge in [0.05, 0.1) is 18.8 Å². The number of likely N-dealkylation sites (N-methyl/N-ethyl adjacent to an activating group) is 1. The summed E-state index contributed by atoms with van der Waals surface area (Å²) >= 11 is 0. The summed E-state index contributed by atoms with van der Waals surface area (Å²) in [6.45, 7) is 1.03. The highest BCUT2D eigenvalue weighted by Crippen LogP contribution is 2.21. The van der Waals surface area contributed by atoms with E-state index in [2.05, 4.69) is 5.32 Å². The van der Waals surface area contributed by atoms with Crippen LogP contribution in [0, 0.1) is 5.82 Å². The average Bonchev–Trinajstić information content (AvgIpc) is 2.45. The van der Waals surface area contributed by atoms with Crippen LogP contribution in [0.5, 0.6) is 0 Å². The predicted molar refractivity (Wildman–Crippen MR) is 78.2 cm³/mol. The molecule has 0 aliphatic heterocycles. The predicted octanol–water partition coefficient (Wildman–Crippen LogP) is 0.678. The van der Waals surface area contributed by atoms with Crippen molar-refractivity contribution < 1.29 is 19.4 Å². The van der Waals surface area contributed by atoms with Crippen LogP contribution in [0.15, 0.2) is 24.3 Å². The van der Waals surface area contributed by atoms with Gasteiger partial charge in [0, 0.05) is 0 Å². The Morgan fingerprint density at radius 1 is 1.38 bits per heavy atom. The highest BCUT2D eigenvalue weighted by molar-refractivity contribution is 5.83. The molecule has 0 aliphatic rings. The van der Waals surface area contributed by atoms with Gasteiger partial charge in [-0.1, -0.05) is 19.1 Å². The standard InChI is InChI=1S/C15H23FN2O3/c1-4-15(9-19,10-20)17-14(21)13(18(2)3)11-6-5-7-12(16)8-11/h5-8,13,19-20H,4,9-10H2,1-3H3,(H,17,21)/t13-/m0/s1. The van der Waals surface area contributed by atoms with Gasteiger partial charge in [-0.2, -0.15) is 0 Å². The minimum atomic E-state index is -1.07. The van der Waals surface area contributed by atoms with Gasteiger partial charge >= 0.3 is 0 Å². The Bertz CT molecular complexity index is 467. The van der Waals surface area contributed by atoms with Gasteiger partial charge < -0.3 is 15.5 Å². The van der Waals surface area contributed by atoms with Crippen LogP contribution in [0.1, 0.15) is 24.9 Å². The lowest BCUT2D eigenvalue weighted by molar-refractivity contribution is -0.129. The molecule has 0 saturated heterocycles. The summed E-state index contributed by atoms with van der Waals surface area (Å²) in [6, 6.07) is 5.12. The van der Waals surface area contributed by atoms with Crippen LogP contribution in [0.25, 0.3) is 0 Å². The van der Waals surface area contributed by atoms with Crippen LogP contribution in [0.3, 0.4) is 0 Å². The van der Waals surface area contributed by atoms with Crippen LogP contribution in [0.4, 0.5) is 4.39 Å². The molecular weight excluding hydrogens is 275 g/mol. The maximum atomic E-state index is 13.4. The molecule has 1 aromatic carbocycles. The van der Waals surface area contributed by atoms with Crippen molar-refractivity contribution >= 4 is 5.91 Å². The van der Waals surface area contributed by atoms with Gasteiger partial charge in [-0.25, -0.2) is 4.39 Å². The first-order chi connectivity index (χ1) is 9.89. The van der Waals surface area contributed by atoms with E-state index >= 15 is 0 Å². The molecule has 1 amide bonds. The molecule has 0 fully saturated rings. The first-order valence-electron chi connectivity index (χ1n) is 6.84. The van der Waals surface area contributed by atoms with Crippen molar-refractivity contribution in [3.8, 4) is 0 Å². The molecule has 0 aromatic heterocycles. The summed E-state index contributed by atoms with van der Waals surface area (Å²) < 4.78 is 13.4. The zero-order valence-electron chi connectivity index (χ0n) is 12.6. The number of hydrogen-bond acceptors (Lipinski definition) is 4. The molecule has 1 atom stereocenters. The molecule has 21 heavy (non-hydrogen) atoms. The number of carbonyl (C=O) groups excluding carboxylic acids is 1. The van der Waals surface area contributed by atoms with Crippen LogP contribution in [0.2, 0.25) is 0 Å². The van der Waals surface area contributed by atoms with Crippen LogP contribution in [-0.4, -0.2) is 53.9 Å². The Hall–Kier alpha value is -1.50. The second kappa shape index (κ2) is 7.49. The number of amides is 1. The van der Waals surface area contributed by atoms with E-state index < -0.39 is 23.3 Å². The molecule has 0 unspecified atom stereocenters. The Morgan fingerprint density at radius 3 is 2.43 bits per heavy atom. The van der Waals surface area contributed by atoms with E-state index in [0.29, 0.717) is 12.0 Å². The van der Waals surface area contributed by atoms with Crippen molar-refractivity contribution in [2.24, 2.45) is 0 Å². The molecule has 6 heteroatoms. The van der Waals surface area contributed by atoms with Gasteiger partial charge in [0.15, 0.2) is 0 Å². The molecule has 0 bridgehead atoms. The Labute approximate surface area is 124 Å². The fourth-order valence-electron chi connectivity index (χ4n) is 2.13. The second-order valence-corrected chi connectivity index (χ2v) is 5.36. The van der Waals surface area contributed by atoms with Crippen LogP contribution >= 0.6 is 0 Å². The number of aliphatic hydroxyl groups excluding tert-OH is 2. The van der Waals surface area contributed by atoms with Crippen molar-refractivity contribution in [3.63, 3.8) is 0 Å². The van der Waals surface area contributed by atoms with Crippen LogP contribution in [-0.2, 0) is 4.79 Å². The Kier molecular flexibility index (Phi) is 6.26. The zero-order valence-corrected chi connectivity index (χ0v) is 12.6. The lowest BCUT2D eigenvalue weighted by Gasteiger charge is -2.33. The van der Waals surface area contributed by atoms with Crippen molar-refractivity contribution in [2.75, 3.05) is 27.3 Å². The van der Waals surface area contributed by atoms with Crippen molar-refractivity contribution in [2.45, 2.75) is 24.9 Å². The normalized spacial score (nSPS) is 13.3. The zero-order chi connectivity index (χ0) is 16.0. The molecule has 0 saturated carbocycles. The number of nitrogens with zero attached hydrogens (tertiary/aromatic N) is 1. The van der Waals surface area contributed by atoms with Gasteiger partial charge in [-0.05, 0) is 38.2 Å². The highest BCUT2D eigenvalue weighted by Gasteiger charge is 2.33. The molecular formula is C15H23FN2O3. The van der Waals surface area contributed by atoms with E-state index in [0.717, 1.165) is 0 Å². The summed E-state index contributed by atoms with van der Waals surface area (Å²) in [5.41, 5.74) is -0.558. The third-order valence-electron chi connectivity index (χ3n) is 3.60. The fourth-order valence-corrected chi connectivity index (χ4v) is 2.13. The Balaban J connectivity index is 3.04. The summed E-state index contributed by atoms with van der Waals surface area (Å²) in [7, 11) is 3.42. The number of hydrogen-bond donors (Lipinski definition) is 3. The third-order valence-corrected chi connectivity index (χ3v) is 3.60. The molecule has 0 radical (unpaired) electrons.